The van der Waals surface area contributed by atoms with Crippen LogP contribution in [0.15, 0.2) is 29.3 Å². The van der Waals surface area contributed by atoms with E-state index in [4.69, 9.17) is 0 Å². The minimum Gasteiger partial charge on any atom is -0.507 e. The predicted molar refractivity (Wildman–Crippen MR) is 108 cm³/mol. The molecule has 8 heteroatoms. The average Bonchev–Trinajstić information content (AvgIpc) is 3.23. The Balaban J connectivity index is 2.07. The summed E-state index contributed by atoms with van der Waals surface area (Å²) in [4.78, 5) is 38.5. The van der Waals surface area contributed by atoms with E-state index >= 15 is 0 Å². The smallest absolute Gasteiger partial charge is 0.295 e. The van der Waals surface area contributed by atoms with Gasteiger partial charge in [0.2, 0.25) is 0 Å². The van der Waals surface area contributed by atoms with Crippen molar-refractivity contribution in [2.45, 2.75) is 26.3 Å². The maximum absolute atomic E-state index is 12.9. The first-order valence-corrected chi connectivity index (χ1v) is 9.96. The van der Waals surface area contributed by atoms with E-state index in [1.807, 2.05) is 36.5 Å². The van der Waals surface area contributed by atoms with Crippen LogP contribution in [0.5, 0.6) is 0 Å². The second kappa shape index (κ2) is 8.20. The third-order valence-electron chi connectivity index (χ3n) is 4.71. The monoisotopic (exact) mass is 400 g/mol. The van der Waals surface area contributed by atoms with Gasteiger partial charge in [-0.05, 0) is 52.4 Å². The van der Waals surface area contributed by atoms with Crippen molar-refractivity contribution in [3.63, 3.8) is 0 Å². The van der Waals surface area contributed by atoms with Crippen molar-refractivity contribution in [2.75, 3.05) is 27.2 Å². The molecule has 0 saturated carbocycles. The van der Waals surface area contributed by atoms with Crippen molar-refractivity contribution in [1.82, 2.24) is 19.8 Å². The number of hydrogen-bond acceptors (Lipinski definition) is 7. The fourth-order valence-electron chi connectivity index (χ4n) is 3.37. The van der Waals surface area contributed by atoms with E-state index in [0.717, 1.165) is 17.8 Å². The summed E-state index contributed by atoms with van der Waals surface area (Å²) in [6.07, 6.45) is 2.23. The summed E-state index contributed by atoms with van der Waals surface area (Å²) in [6, 6.07) is 3.16. The molecule has 3 rings (SSSR count). The number of nitrogens with zero attached hydrogens (tertiary/aromatic N) is 4. The number of aliphatic hydroxyl groups is 1. The molecule has 2 aromatic rings. The van der Waals surface area contributed by atoms with Gasteiger partial charge in [-0.25, -0.2) is 9.97 Å². The van der Waals surface area contributed by atoms with Gasteiger partial charge < -0.3 is 14.9 Å². The van der Waals surface area contributed by atoms with Crippen LogP contribution in [-0.4, -0.2) is 63.7 Å². The molecule has 2 aromatic heterocycles. The fourth-order valence-corrected chi connectivity index (χ4v) is 4.22. The van der Waals surface area contributed by atoms with E-state index in [1.165, 1.54) is 17.5 Å². The second-order valence-corrected chi connectivity index (χ2v) is 8.06. The third kappa shape index (κ3) is 3.83. The predicted octanol–water partition coefficient (Wildman–Crippen LogP) is 2.53. The first-order chi connectivity index (χ1) is 13.3. The lowest BCUT2D eigenvalue weighted by Gasteiger charge is -2.24. The zero-order valence-electron chi connectivity index (χ0n) is 16.5. The number of aromatic nitrogens is 2. The van der Waals surface area contributed by atoms with E-state index in [9.17, 15) is 14.7 Å². The van der Waals surface area contributed by atoms with Gasteiger partial charge in [-0.2, -0.15) is 0 Å². The number of aryl methyl sites for hydroxylation is 2. The Morgan fingerprint density at radius 3 is 2.68 bits per heavy atom. The lowest BCUT2D eigenvalue weighted by Crippen LogP contribution is -2.32. The van der Waals surface area contributed by atoms with Gasteiger partial charge in [-0.3, -0.25) is 9.59 Å². The highest BCUT2D eigenvalue weighted by Crippen LogP contribution is 2.41. The highest BCUT2D eigenvalue weighted by molar-refractivity contribution is 7.10. The van der Waals surface area contributed by atoms with Gasteiger partial charge in [0.25, 0.3) is 11.7 Å². The Labute approximate surface area is 168 Å². The summed E-state index contributed by atoms with van der Waals surface area (Å²) < 4.78 is 0. The van der Waals surface area contributed by atoms with Crippen LogP contribution in [-0.2, 0) is 9.59 Å². The standard InChI is InChI=1S/C20H24N4O3S/c1-12-14(11-21-13(2)22-12)18(25)16-17(15-7-5-10-28-15)24(20(27)19(16)26)9-6-8-23(3)4/h5,7,10-11,17,25H,6,8-9H2,1-4H3/t17-/m1/s1. The highest BCUT2D eigenvalue weighted by atomic mass is 32.1. The molecule has 1 amide bonds. The molecular weight excluding hydrogens is 376 g/mol. The van der Waals surface area contributed by atoms with Gasteiger partial charge in [0.05, 0.1) is 22.9 Å². The molecule has 1 fully saturated rings. The summed E-state index contributed by atoms with van der Waals surface area (Å²) in [6.45, 7) is 4.74. The Kier molecular flexibility index (Phi) is 5.90. The molecule has 0 aromatic carbocycles. The number of Topliss-reactive ketones (excluding diaryl/α,β-unsaturated/α-hetero) is 1. The molecule has 1 aliphatic rings. The summed E-state index contributed by atoms with van der Waals surface area (Å²) in [5.41, 5.74) is 1.04. The van der Waals surface area contributed by atoms with Crippen molar-refractivity contribution in [3.8, 4) is 0 Å². The van der Waals surface area contributed by atoms with E-state index in [0.29, 0.717) is 23.6 Å². The lowest BCUT2D eigenvalue weighted by molar-refractivity contribution is -0.139. The van der Waals surface area contributed by atoms with Gasteiger partial charge in [-0.1, -0.05) is 6.07 Å². The minimum absolute atomic E-state index is 0.104. The second-order valence-electron chi connectivity index (χ2n) is 7.08. The van der Waals surface area contributed by atoms with Crippen LogP contribution in [0.1, 0.15) is 34.4 Å². The molecular formula is C20H24N4O3S. The molecule has 1 atom stereocenters. The number of thiophene rings is 1. The Morgan fingerprint density at radius 1 is 1.32 bits per heavy atom. The first-order valence-electron chi connectivity index (χ1n) is 9.08. The first kappa shape index (κ1) is 20.2. The Morgan fingerprint density at radius 2 is 2.07 bits per heavy atom. The number of likely N-dealkylation sites (tertiary alicyclic amines) is 1. The topological polar surface area (TPSA) is 86.6 Å². The zero-order chi connectivity index (χ0) is 20.4. The van der Waals surface area contributed by atoms with Gasteiger partial charge in [0, 0.05) is 17.6 Å². The van der Waals surface area contributed by atoms with Crippen LogP contribution >= 0.6 is 11.3 Å². The molecule has 0 unspecified atom stereocenters. The number of carbonyl (C=O) groups is 2. The maximum Gasteiger partial charge on any atom is 0.295 e. The molecule has 1 N–H and O–H groups in total. The molecule has 28 heavy (non-hydrogen) atoms. The third-order valence-corrected chi connectivity index (χ3v) is 5.64. The van der Waals surface area contributed by atoms with Gasteiger partial charge in [0.15, 0.2) is 0 Å². The summed E-state index contributed by atoms with van der Waals surface area (Å²) in [7, 11) is 3.93. The summed E-state index contributed by atoms with van der Waals surface area (Å²) in [5.74, 6) is -0.887. The number of rotatable bonds is 6. The lowest BCUT2D eigenvalue weighted by atomic mass is 10.00. The van der Waals surface area contributed by atoms with Crippen molar-refractivity contribution < 1.29 is 14.7 Å². The fraction of sp³-hybridized carbons (Fsp3) is 0.400. The molecule has 3 heterocycles. The van der Waals surface area contributed by atoms with Crippen LogP contribution < -0.4 is 0 Å². The van der Waals surface area contributed by atoms with E-state index in [-0.39, 0.29) is 11.3 Å². The van der Waals surface area contributed by atoms with Crippen molar-refractivity contribution >= 4 is 28.8 Å². The molecule has 148 valence electrons. The summed E-state index contributed by atoms with van der Waals surface area (Å²) >= 11 is 1.46. The van der Waals surface area contributed by atoms with E-state index in [2.05, 4.69) is 9.97 Å². The van der Waals surface area contributed by atoms with E-state index in [1.54, 1.807) is 18.7 Å². The number of aliphatic hydroxyl groups excluding tert-OH is 1. The van der Waals surface area contributed by atoms with Crippen molar-refractivity contribution in [3.05, 3.63) is 51.2 Å². The van der Waals surface area contributed by atoms with Crippen molar-refractivity contribution in [1.29, 1.82) is 0 Å². The number of carbonyl (C=O) groups excluding carboxylic acids is 2. The molecule has 0 radical (unpaired) electrons. The van der Waals surface area contributed by atoms with Crippen LogP contribution in [0.2, 0.25) is 0 Å². The highest BCUT2D eigenvalue weighted by Gasteiger charge is 2.46. The largest absolute Gasteiger partial charge is 0.507 e. The Hall–Kier alpha value is -2.58. The van der Waals surface area contributed by atoms with Crippen LogP contribution in [0.3, 0.4) is 0 Å². The quantitative estimate of drug-likeness (QED) is 0.456. The van der Waals surface area contributed by atoms with Gasteiger partial charge >= 0.3 is 0 Å². The molecule has 0 bridgehead atoms. The molecule has 0 spiro atoms. The van der Waals surface area contributed by atoms with Gasteiger partial charge in [-0.15, -0.1) is 11.3 Å². The van der Waals surface area contributed by atoms with Crippen LogP contribution in [0, 0.1) is 13.8 Å². The number of hydrogen-bond donors (Lipinski definition) is 1. The SMILES string of the molecule is Cc1ncc(C(O)=C2C(=O)C(=O)N(CCCN(C)C)[C@@H]2c2cccs2)c(C)n1. The number of ketones is 1. The Bertz CT molecular complexity index is 922. The summed E-state index contributed by atoms with van der Waals surface area (Å²) in [5, 5.41) is 12.9. The zero-order valence-corrected chi connectivity index (χ0v) is 17.3. The molecule has 7 nitrogen and oxygen atoms in total. The number of amides is 1. The van der Waals surface area contributed by atoms with Crippen LogP contribution in [0.25, 0.3) is 5.76 Å². The normalized spacial score (nSPS) is 19.0. The van der Waals surface area contributed by atoms with Crippen LogP contribution in [0.4, 0.5) is 0 Å². The van der Waals surface area contributed by atoms with E-state index < -0.39 is 17.7 Å². The molecule has 1 aliphatic heterocycles. The minimum atomic E-state index is -0.666. The average molecular weight is 401 g/mol. The maximum atomic E-state index is 12.9. The molecule has 1 saturated heterocycles. The van der Waals surface area contributed by atoms with Gasteiger partial charge in [0.1, 0.15) is 11.6 Å². The molecule has 0 aliphatic carbocycles. The van der Waals surface area contributed by atoms with Crippen molar-refractivity contribution in [2.24, 2.45) is 0 Å².